The lowest BCUT2D eigenvalue weighted by molar-refractivity contribution is 0.0257. The summed E-state index contributed by atoms with van der Waals surface area (Å²) < 4.78 is 1.36. The lowest BCUT2D eigenvalue weighted by atomic mass is 9.87. The van der Waals surface area contributed by atoms with E-state index in [0.717, 1.165) is 44.8 Å². The van der Waals surface area contributed by atoms with Crippen molar-refractivity contribution in [3.63, 3.8) is 0 Å². The summed E-state index contributed by atoms with van der Waals surface area (Å²) in [7, 11) is 1.66. The lowest BCUT2D eigenvalue weighted by Gasteiger charge is -2.47. The van der Waals surface area contributed by atoms with Gasteiger partial charge in [0.15, 0.2) is 0 Å². The standard InChI is InChI=1S/C18H29N5O3/c1-13(2)22-10-11-23(18(25)26)15(12-22)14-6-8-21(9-7-14)16-4-5-17(24)20(3)19-16/h4-5,13-15H,6-12H2,1-3H3,(H,25,26). The fourth-order valence-corrected chi connectivity index (χ4v) is 4.11. The van der Waals surface area contributed by atoms with E-state index in [4.69, 9.17) is 0 Å². The maximum atomic E-state index is 11.7. The molecule has 1 atom stereocenters. The van der Waals surface area contributed by atoms with E-state index >= 15 is 0 Å². The van der Waals surface area contributed by atoms with Gasteiger partial charge < -0.3 is 14.9 Å². The zero-order chi connectivity index (χ0) is 18.8. The second kappa shape index (κ2) is 7.65. The van der Waals surface area contributed by atoms with Crippen molar-refractivity contribution in [3.8, 4) is 0 Å². The van der Waals surface area contributed by atoms with E-state index < -0.39 is 6.09 Å². The number of anilines is 1. The highest BCUT2D eigenvalue weighted by Crippen LogP contribution is 2.29. The van der Waals surface area contributed by atoms with Crippen molar-refractivity contribution < 1.29 is 9.90 Å². The number of carboxylic acid groups (broad SMARTS) is 1. The maximum absolute atomic E-state index is 11.7. The number of piperazine rings is 1. The summed E-state index contributed by atoms with van der Waals surface area (Å²) in [4.78, 5) is 29.4. The van der Waals surface area contributed by atoms with E-state index in [0.29, 0.717) is 18.5 Å². The van der Waals surface area contributed by atoms with Crippen molar-refractivity contribution in [2.45, 2.75) is 38.8 Å². The van der Waals surface area contributed by atoms with Crippen molar-refractivity contribution >= 4 is 11.9 Å². The Kier molecular flexibility index (Phi) is 5.50. The average molecular weight is 363 g/mol. The summed E-state index contributed by atoms with van der Waals surface area (Å²) in [6, 6.07) is 3.80. The van der Waals surface area contributed by atoms with Crippen molar-refractivity contribution in [3.05, 3.63) is 22.5 Å². The molecule has 2 aliphatic rings. The van der Waals surface area contributed by atoms with Gasteiger partial charge >= 0.3 is 6.09 Å². The average Bonchev–Trinajstić information content (AvgIpc) is 2.63. The molecule has 3 rings (SSSR count). The summed E-state index contributed by atoms with van der Waals surface area (Å²) in [5.74, 6) is 1.17. The molecule has 1 aromatic heterocycles. The molecule has 1 aromatic rings. The predicted molar refractivity (Wildman–Crippen MR) is 99.6 cm³/mol. The van der Waals surface area contributed by atoms with Gasteiger partial charge in [-0.15, -0.1) is 0 Å². The van der Waals surface area contributed by atoms with Crippen LogP contribution < -0.4 is 10.5 Å². The van der Waals surface area contributed by atoms with Crippen LogP contribution in [0, 0.1) is 5.92 Å². The van der Waals surface area contributed by atoms with Gasteiger partial charge in [0.25, 0.3) is 5.56 Å². The topological polar surface area (TPSA) is 81.9 Å². The highest BCUT2D eigenvalue weighted by molar-refractivity contribution is 5.65. The first-order valence-corrected chi connectivity index (χ1v) is 9.39. The Morgan fingerprint density at radius 1 is 1.19 bits per heavy atom. The molecule has 2 fully saturated rings. The summed E-state index contributed by atoms with van der Waals surface area (Å²) in [5, 5.41) is 13.9. The van der Waals surface area contributed by atoms with Crippen molar-refractivity contribution in [2.24, 2.45) is 13.0 Å². The largest absolute Gasteiger partial charge is 0.465 e. The van der Waals surface area contributed by atoms with Crippen molar-refractivity contribution in [1.29, 1.82) is 0 Å². The molecular formula is C18H29N5O3. The molecule has 1 amide bonds. The summed E-state index contributed by atoms with van der Waals surface area (Å²) >= 11 is 0. The smallest absolute Gasteiger partial charge is 0.407 e. The number of hydrogen-bond donors (Lipinski definition) is 1. The molecule has 0 bridgehead atoms. The van der Waals surface area contributed by atoms with Gasteiger partial charge in [-0.1, -0.05) is 0 Å². The van der Waals surface area contributed by atoms with Crippen LogP contribution in [0.3, 0.4) is 0 Å². The Balaban J connectivity index is 1.67. The first-order chi connectivity index (χ1) is 12.4. The van der Waals surface area contributed by atoms with E-state index in [1.807, 2.05) is 0 Å². The number of hydrogen-bond acceptors (Lipinski definition) is 5. The van der Waals surface area contributed by atoms with E-state index in [-0.39, 0.29) is 11.6 Å². The molecule has 8 nitrogen and oxygen atoms in total. The van der Waals surface area contributed by atoms with E-state index in [1.54, 1.807) is 24.1 Å². The molecule has 26 heavy (non-hydrogen) atoms. The molecule has 0 saturated carbocycles. The van der Waals surface area contributed by atoms with Crippen LogP contribution in [0.25, 0.3) is 0 Å². The zero-order valence-corrected chi connectivity index (χ0v) is 15.8. The van der Waals surface area contributed by atoms with Crippen molar-refractivity contribution in [1.82, 2.24) is 19.6 Å². The number of aromatic nitrogens is 2. The third-order valence-electron chi connectivity index (χ3n) is 5.78. The normalized spacial score (nSPS) is 22.8. The summed E-state index contributed by atoms with van der Waals surface area (Å²) in [6.45, 7) is 8.21. The van der Waals surface area contributed by atoms with Gasteiger partial charge in [0.1, 0.15) is 5.82 Å². The van der Waals surface area contributed by atoms with Gasteiger partial charge in [-0.05, 0) is 38.7 Å². The van der Waals surface area contributed by atoms with Crippen LogP contribution in [-0.4, -0.2) is 75.6 Å². The number of amides is 1. The van der Waals surface area contributed by atoms with Gasteiger partial charge in [-0.3, -0.25) is 9.69 Å². The van der Waals surface area contributed by atoms with Crippen LogP contribution in [0.2, 0.25) is 0 Å². The number of aryl methyl sites for hydroxylation is 1. The minimum atomic E-state index is -0.805. The minimum absolute atomic E-state index is 0.0545. The number of piperidine rings is 1. The Bertz CT molecular complexity index is 696. The van der Waals surface area contributed by atoms with Crippen LogP contribution in [0.5, 0.6) is 0 Å². The maximum Gasteiger partial charge on any atom is 0.407 e. The third-order valence-corrected chi connectivity index (χ3v) is 5.78. The van der Waals surface area contributed by atoms with Crippen LogP contribution in [0.15, 0.2) is 16.9 Å². The molecule has 0 aliphatic carbocycles. The molecule has 1 N–H and O–H groups in total. The number of rotatable bonds is 3. The second-order valence-corrected chi connectivity index (χ2v) is 7.61. The molecule has 144 valence electrons. The minimum Gasteiger partial charge on any atom is -0.465 e. The Labute approximate surface area is 154 Å². The van der Waals surface area contributed by atoms with Gasteiger partial charge in [-0.25, -0.2) is 9.48 Å². The predicted octanol–water partition coefficient (Wildman–Crippen LogP) is 1.07. The fraction of sp³-hybridized carbons (Fsp3) is 0.722. The molecule has 2 saturated heterocycles. The second-order valence-electron chi connectivity index (χ2n) is 7.61. The van der Waals surface area contributed by atoms with Crippen LogP contribution in [-0.2, 0) is 7.05 Å². The number of carbonyl (C=O) groups is 1. The highest BCUT2D eigenvalue weighted by Gasteiger charge is 2.38. The molecule has 0 spiro atoms. The van der Waals surface area contributed by atoms with E-state index in [1.165, 1.54) is 4.68 Å². The number of nitrogens with zero attached hydrogens (tertiary/aromatic N) is 5. The molecule has 1 unspecified atom stereocenters. The van der Waals surface area contributed by atoms with Gasteiger partial charge in [0, 0.05) is 51.9 Å². The fourth-order valence-electron chi connectivity index (χ4n) is 4.11. The molecule has 3 heterocycles. The highest BCUT2D eigenvalue weighted by atomic mass is 16.4. The Morgan fingerprint density at radius 3 is 2.46 bits per heavy atom. The Morgan fingerprint density at radius 2 is 1.88 bits per heavy atom. The summed E-state index contributed by atoms with van der Waals surface area (Å²) in [5.41, 5.74) is -0.114. The molecule has 0 radical (unpaired) electrons. The SMILES string of the molecule is CC(C)N1CCN(C(=O)O)C(C2CCN(c3ccc(=O)n(C)n3)CC2)C1. The van der Waals surface area contributed by atoms with Crippen molar-refractivity contribution in [2.75, 3.05) is 37.6 Å². The van der Waals surface area contributed by atoms with Gasteiger partial charge in [-0.2, -0.15) is 5.10 Å². The first kappa shape index (κ1) is 18.7. The molecule has 2 aliphatic heterocycles. The van der Waals surface area contributed by atoms with Gasteiger partial charge in [0.05, 0.1) is 6.04 Å². The van der Waals surface area contributed by atoms with Crippen LogP contribution in [0.1, 0.15) is 26.7 Å². The molecule has 0 aromatic carbocycles. The summed E-state index contributed by atoms with van der Waals surface area (Å²) in [6.07, 6.45) is 1.07. The monoisotopic (exact) mass is 363 g/mol. The lowest BCUT2D eigenvalue weighted by Crippen LogP contribution is -2.60. The molecular weight excluding hydrogens is 334 g/mol. The zero-order valence-electron chi connectivity index (χ0n) is 15.8. The Hall–Kier alpha value is -2.09. The van der Waals surface area contributed by atoms with Crippen LogP contribution in [0.4, 0.5) is 10.6 Å². The third kappa shape index (κ3) is 3.85. The quantitative estimate of drug-likeness (QED) is 0.865. The molecule has 8 heteroatoms. The van der Waals surface area contributed by atoms with Gasteiger partial charge in [0.2, 0.25) is 0 Å². The first-order valence-electron chi connectivity index (χ1n) is 9.39. The van der Waals surface area contributed by atoms with E-state index in [2.05, 4.69) is 28.7 Å². The van der Waals surface area contributed by atoms with Crippen LogP contribution >= 0.6 is 0 Å². The van der Waals surface area contributed by atoms with E-state index in [9.17, 15) is 14.7 Å².